The Labute approximate surface area is 136 Å². The van der Waals surface area contributed by atoms with Gasteiger partial charge in [-0.1, -0.05) is 6.07 Å². The number of rotatable bonds is 6. The average molecular weight is 320 g/mol. The van der Waals surface area contributed by atoms with E-state index in [1.165, 1.54) is 11.8 Å². The SMILES string of the molecule is CC(=O)Nc1cccc(NC(=O)C(C)N(C)CC(=O)N(C)C)c1. The number of amides is 3. The third kappa shape index (κ3) is 6.07. The summed E-state index contributed by atoms with van der Waals surface area (Å²) >= 11 is 0. The fraction of sp³-hybridized carbons (Fsp3) is 0.438. The Kier molecular flexibility index (Phi) is 6.71. The van der Waals surface area contributed by atoms with E-state index in [9.17, 15) is 14.4 Å². The number of hydrogen-bond donors (Lipinski definition) is 2. The average Bonchev–Trinajstić information content (AvgIpc) is 2.45. The van der Waals surface area contributed by atoms with Gasteiger partial charge >= 0.3 is 0 Å². The van der Waals surface area contributed by atoms with Crippen LogP contribution in [0.4, 0.5) is 11.4 Å². The molecule has 7 heteroatoms. The zero-order valence-electron chi connectivity index (χ0n) is 14.2. The summed E-state index contributed by atoms with van der Waals surface area (Å²) < 4.78 is 0. The Hall–Kier alpha value is -2.41. The van der Waals surface area contributed by atoms with Gasteiger partial charge in [0.2, 0.25) is 17.7 Å². The van der Waals surface area contributed by atoms with Crippen LogP contribution in [0.5, 0.6) is 0 Å². The Morgan fingerprint density at radius 3 is 2.17 bits per heavy atom. The van der Waals surface area contributed by atoms with Gasteiger partial charge in [0.1, 0.15) is 0 Å². The first kappa shape index (κ1) is 18.6. The van der Waals surface area contributed by atoms with Crippen molar-refractivity contribution >= 4 is 29.1 Å². The molecule has 0 bridgehead atoms. The predicted molar refractivity (Wildman–Crippen MR) is 90.2 cm³/mol. The van der Waals surface area contributed by atoms with Crippen LogP contribution in [0.3, 0.4) is 0 Å². The summed E-state index contributed by atoms with van der Waals surface area (Å²) in [6.45, 7) is 3.31. The molecule has 0 heterocycles. The van der Waals surface area contributed by atoms with E-state index in [4.69, 9.17) is 0 Å². The van der Waals surface area contributed by atoms with Crippen molar-refractivity contribution in [3.63, 3.8) is 0 Å². The Morgan fingerprint density at radius 1 is 1.09 bits per heavy atom. The minimum absolute atomic E-state index is 0.0696. The fourth-order valence-corrected chi connectivity index (χ4v) is 1.82. The number of anilines is 2. The van der Waals surface area contributed by atoms with Crippen LogP contribution < -0.4 is 10.6 Å². The van der Waals surface area contributed by atoms with E-state index in [1.54, 1.807) is 57.2 Å². The molecule has 1 unspecified atom stereocenters. The van der Waals surface area contributed by atoms with Crippen LogP contribution in [-0.2, 0) is 14.4 Å². The van der Waals surface area contributed by atoms with E-state index in [0.717, 1.165) is 0 Å². The molecule has 7 nitrogen and oxygen atoms in total. The standard InChI is InChI=1S/C16H24N4O3/c1-11(20(5)10-15(22)19(3)4)16(23)18-14-8-6-7-13(9-14)17-12(2)21/h6-9,11H,10H2,1-5H3,(H,17,21)(H,18,23). The predicted octanol–water partition coefficient (Wildman–Crippen LogP) is 0.992. The molecule has 0 saturated heterocycles. The maximum absolute atomic E-state index is 12.3. The lowest BCUT2D eigenvalue weighted by atomic mass is 10.2. The summed E-state index contributed by atoms with van der Waals surface area (Å²) in [5.41, 5.74) is 1.19. The van der Waals surface area contributed by atoms with Crippen molar-refractivity contribution in [2.75, 3.05) is 38.3 Å². The van der Waals surface area contributed by atoms with Gasteiger partial charge in [0.05, 0.1) is 12.6 Å². The molecule has 0 aromatic heterocycles. The molecule has 1 atom stereocenters. The molecule has 2 N–H and O–H groups in total. The Bertz CT molecular complexity index is 586. The number of likely N-dealkylation sites (N-methyl/N-ethyl adjacent to an activating group) is 2. The molecule has 126 valence electrons. The van der Waals surface area contributed by atoms with Crippen molar-refractivity contribution in [2.45, 2.75) is 19.9 Å². The van der Waals surface area contributed by atoms with Gasteiger partial charge in [-0.15, -0.1) is 0 Å². The molecular formula is C16H24N4O3. The van der Waals surface area contributed by atoms with Crippen molar-refractivity contribution in [1.29, 1.82) is 0 Å². The minimum atomic E-state index is -0.469. The highest BCUT2D eigenvalue weighted by Gasteiger charge is 2.20. The van der Waals surface area contributed by atoms with Crippen molar-refractivity contribution in [2.24, 2.45) is 0 Å². The van der Waals surface area contributed by atoms with Crippen molar-refractivity contribution in [1.82, 2.24) is 9.80 Å². The molecule has 1 rings (SSSR count). The largest absolute Gasteiger partial charge is 0.348 e. The molecule has 23 heavy (non-hydrogen) atoms. The molecule has 0 radical (unpaired) electrons. The van der Waals surface area contributed by atoms with Crippen LogP contribution in [0.15, 0.2) is 24.3 Å². The molecule has 0 aliphatic rings. The summed E-state index contributed by atoms with van der Waals surface area (Å²) in [6.07, 6.45) is 0. The van der Waals surface area contributed by atoms with Crippen molar-refractivity contribution in [3.05, 3.63) is 24.3 Å². The smallest absolute Gasteiger partial charge is 0.241 e. The number of carbonyl (C=O) groups excluding carboxylic acids is 3. The number of benzene rings is 1. The fourth-order valence-electron chi connectivity index (χ4n) is 1.82. The third-order valence-corrected chi connectivity index (χ3v) is 3.37. The lowest BCUT2D eigenvalue weighted by Crippen LogP contribution is -2.44. The van der Waals surface area contributed by atoms with E-state index < -0.39 is 6.04 Å². The van der Waals surface area contributed by atoms with Crippen molar-refractivity contribution in [3.8, 4) is 0 Å². The van der Waals surface area contributed by atoms with Gasteiger partial charge in [-0.3, -0.25) is 19.3 Å². The second kappa shape index (κ2) is 8.28. The van der Waals surface area contributed by atoms with Crippen LogP contribution in [0.25, 0.3) is 0 Å². The van der Waals surface area contributed by atoms with E-state index in [1.807, 2.05) is 0 Å². The van der Waals surface area contributed by atoms with E-state index in [0.29, 0.717) is 11.4 Å². The van der Waals surface area contributed by atoms with Gasteiger partial charge in [-0.05, 0) is 32.2 Å². The first-order valence-corrected chi connectivity index (χ1v) is 7.29. The Balaban J connectivity index is 2.67. The summed E-state index contributed by atoms with van der Waals surface area (Å²) in [5.74, 6) is -0.470. The highest BCUT2D eigenvalue weighted by Crippen LogP contribution is 2.15. The number of nitrogens with one attached hydrogen (secondary N) is 2. The van der Waals surface area contributed by atoms with E-state index >= 15 is 0 Å². The second-order valence-electron chi connectivity index (χ2n) is 5.63. The van der Waals surface area contributed by atoms with Crippen LogP contribution in [-0.4, -0.2) is 61.3 Å². The van der Waals surface area contributed by atoms with Gasteiger partial charge in [0.15, 0.2) is 0 Å². The van der Waals surface area contributed by atoms with Crippen LogP contribution >= 0.6 is 0 Å². The lowest BCUT2D eigenvalue weighted by molar-refractivity contribution is -0.131. The molecule has 0 aliphatic heterocycles. The first-order chi connectivity index (χ1) is 10.7. The van der Waals surface area contributed by atoms with Gasteiger partial charge in [-0.25, -0.2) is 0 Å². The maximum Gasteiger partial charge on any atom is 0.241 e. The molecular weight excluding hydrogens is 296 g/mol. The molecule has 0 fully saturated rings. The third-order valence-electron chi connectivity index (χ3n) is 3.37. The lowest BCUT2D eigenvalue weighted by Gasteiger charge is -2.24. The van der Waals surface area contributed by atoms with Crippen LogP contribution in [0.2, 0.25) is 0 Å². The van der Waals surface area contributed by atoms with Crippen molar-refractivity contribution < 1.29 is 14.4 Å². The zero-order valence-corrected chi connectivity index (χ0v) is 14.2. The summed E-state index contributed by atoms with van der Waals surface area (Å²) in [5, 5.41) is 5.44. The van der Waals surface area contributed by atoms with Crippen LogP contribution in [0, 0.1) is 0 Å². The van der Waals surface area contributed by atoms with Gasteiger partial charge < -0.3 is 15.5 Å². The molecule has 0 saturated carbocycles. The number of nitrogens with zero attached hydrogens (tertiary/aromatic N) is 2. The first-order valence-electron chi connectivity index (χ1n) is 7.29. The van der Waals surface area contributed by atoms with E-state index in [2.05, 4.69) is 10.6 Å². The highest BCUT2D eigenvalue weighted by molar-refractivity contribution is 5.96. The second-order valence-corrected chi connectivity index (χ2v) is 5.63. The van der Waals surface area contributed by atoms with Gasteiger partial charge in [0.25, 0.3) is 0 Å². The molecule has 3 amide bonds. The molecule has 0 spiro atoms. The Morgan fingerprint density at radius 2 is 1.65 bits per heavy atom. The monoisotopic (exact) mass is 320 g/mol. The minimum Gasteiger partial charge on any atom is -0.348 e. The number of hydrogen-bond acceptors (Lipinski definition) is 4. The zero-order chi connectivity index (χ0) is 17.6. The van der Waals surface area contributed by atoms with Crippen LogP contribution in [0.1, 0.15) is 13.8 Å². The normalized spacial score (nSPS) is 11.7. The molecule has 1 aromatic rings. The summed E-state index contributed by atoms with van der Waals surface area (Å²) in [6, 6.07) is 6.42. The molecule has 1 aromatic carbocycles. The summed E-state index contributed by atoms with van der Waals surface area (Å²) in [7, 11) is 5.07. The number of carbonyl (C=O) groups is 3. The molecule has 0 aliphatic carbocycles. The quantitative estimate of drug-likeness (QED) is 0.819. The van der Waals surface area contributed by atoms with E-state index in [-0.39, 0.29) is 24.3 Å². The van der Waals surface area contributed by atoms with Gasteiger partial charge in [0, 0.05) is 32.4 Å². The summed E-state index contributed by atoms with van der Waals surface area (Å²) in [4.78, 5) is 38.2. The maximum atomic E-state index is 12.3. The highest BCUT2D eigenvalue weighted by atomic mass is 16.2. The van der Waals surface area contributed by atoms with Gasteiger partial charge in [-0.2, -0.15) is 0 Å². The topological polar surface area (TPSA) is 81.8 Å².